The van der Waals surface area contributed by atoms with Gasteiger partial charge in [0.05, 0.1) is 0 Å². The molecule has 0 amide bonds. The van der Waals surface area contributed by atoms with Crippen molar-refractivity contribution < 1.29 is 8.78 Å². The first-order chi connectivity index (χ1) is 4.70. The van der Waals surface area contributed by atoms with Crippen molar-refractivity contribution in [2.24, 2.45) is 5.92 Å². The second-order valence-electron chi connectivity index (χ2n) is 2.61. The van der Waals surface area contributed by atoms with Gasteiger partial charge < -0.3 is 0 Å². The van der Waals surface area contributed by atoms with Gasteiger partial charge in [-0.3, -0.25) is 0 Å². The van der Waals surface area contributed by atoms with Crippen LogP contribution >= 0.6 is 22.9 Å². The lowest BCUT2D eigenvalue weighted by atomic mass is 10.0. The SMILES string of the molecule is FC(F)[C@H]1CCCN(I)C1. The summed E-state index contributed by atoms with van der Waals surface area (Å²) < 4.78 is 26.1. The molecule has 0 spiro atoms. The van der Waals surface area contributed by atoms with Crippen LogP contribution in [0.25, 0.3) is 0 Å². The monoisotopic (exact) mass is 261 g/mol. The molecule has 1 fully saturated rings. The first-order valence-electron chi connectivity index (χ1n) is 3.39. The van der Waals surface area contributed by atoms with Crippen molar-refractivity contribution in [2.45, 2.75) is 19.3 Å². The number of rotatable bonds is 1. The largest absolute Gasteiger partial charge is 0.247 e. The first-order valence-corrected chi connectivity index (χ1v) is 4.35. The molecule has 0 aliphatic carbocycles. The van der Waals surface area contributed by atoms with E-state index < -0.39 is 6.43 Å². The molecule has 0 aromatic heterocycles. The Kier molecular flexibility index (Phi) is 3.29. The molecule has 0 radical (unpaired) electrons. The standard InChI is InChI=1S/C6H10F2IN/c7-6(8)5-2-1-3-10(9)4-5/h5-6H,1-4H2/t5-/m0/s1. The normalized spacial score (nSPS) is 29.4. The van der Waals surface area contributed by atoms with Crippen molar-refractivity contribution in [2.75, 3.05) is 13.1 Å². The molecule has 0 aromatic rings. The van der Waals surface area contributed by atoms with Crippen molar-refractivity contribution in [1.29, 1.82) is 0 Å². The predicted octanol–water partition coefficient (Wildman–Crippen LogP) is 2.31. The number of piperidine rings is 1. The molecule has 1 saturated heterocycles. The van der Waals surface area contributed by atoms with Crippen LogP contribution in [-0.4, -0.2) is 22.6 Å². The summed E-state index contributed by atoms with van der Waals surface area (Å²) in [6, 6.07) is 0. The summed E-state index contributed by atoms with van der Waals surface area (Å²) in [5.41, 5.74) is 0. The Balaban J connectivity index is 2.32. The van der Waals surface area contributed by atoms with Crippen LogP contribution in [0.4, 0.5) is 8.78 Å². The zero-order valence-electron chi connectivity index (χ0n) is 5.56. The highest BCUT2D eigenvalue weighted by Crippen LogP contribution is 2.24. The third-order valence-electron chi connectivity index (χ3n) is 1.76. The lowest BCUT2D eigenvalue weighted by Gasteiger charge is -2.27. The molecule has 0 N–H and O–H groups in total. The zero-order chi connectivity index (χ0) is 7.56. The van der Waals surface area contributed by atoms with E-state index in [1.54, 1.807) is 0 Å². The summed E-state index contributed by atoms with van der Waals surface area (Å²) in [5, 5.41) is 0. The third-order valence-corrected chi connectivity index (χ3v) is 2.64. The number of hydrogen-bond acceptors (Lipinski definition) is 1. The van der Waals surface area contributed by atoms with Crippen molar-refractivity contribution in [3.8, 4) is 0 Å². The maximum atomic E-state index is 12.1. The lowest BCUT2D eigenvalue weighted by molar-refractivity contribution is 0.0520. The van der Waals surface area contributed by atoms with Gasteiger partial charge in [-0.25, -0.2) is 11.9 Å². The van der Waals surface area contributed by atoms with E-state index in [1.165, 1.54) is 0 Å². The summed E-state index contributed by atoms with van der Waals surface area (Å²) in [7, 11) is 0. The van der Waals surface area contributed by atoms with Crippen LogP contribution in [-0.2, 0) is 0 Å². The summed E-state index contributed by atoms with van der Waals surface area (Å²) in [4.78, 5) is 0. The maximum absolute atomic E-state index is 12.1. The molecule has 1 aliphatic rings. The minimum absolute atomic E-state index is 0.384. The Hall–Kier alpha value is 0.550. The van der Waals surface area contributed by atoms with Gasteiger partial charge in [-0.2, -0.15) is 0 Å². The van der Waals surface area contributed by atoms with Crippen LogP contribution in [0, 0.1) is 5.92 Å². The van der Waals surface area contributed by atoms with Gasteiger partial charge in [0.25, 0.3) is 0 Å². The average Bonchev–Trinajstić information content (AvgIpc) is 1.88. The molecule has 0 aromatic carbocycles. The van der Waals surface area contributed by atoms with E-state index in [0.29, 0.717) is 13.0 Å². The van der Waals surface area contributed by atoms with Gasteiger partial charge in [0.1, 0.15) is 0 Å². The van der Waals surface area contributed by atoms with Gasteiger partial charge in [-0.1, -0.05) is 0 Å². The Morgan fingerprint density at radius 2 is 2.20 bits per heavy atom. The van der Waals surface area contributed by atoms with Crippen molar-refractivity contribution in [3.63, 3.8) is 0 Å². The highest BCUT2D eigenvalue weighted by molar-refractivity contribution is 14.1. The molecule has 0 saturated carbocycles. The fourth-order valence-electron chi connectivity index (χ4n) is 1.17. The minimum Gasteiger partial charge on any atom is -0.247 e. The zero-order valence-corrected chi connectivity index (χ0v) is 7.72. The molecule has 1 nitrogen and oxygen atoms in total. The van der Waals surface area contributed by atoms with Gasteiger partial charge in [-0.05, 0) is 12.8 Å². The lowest BCUT2D eigenvalue weighted by Crippen LogP contribution is -2.31. The average molecular weight is 261 g/mol. The highest BCUT2D eigenvalue weighted by Gasteiger charge is 2.25. The molecule has 1 rings (SSSR count). The van der Waals surface area contributed by atoms with Crippen LogP contribution < -0.4 is 0 Å². The number of hydrogen-bond donors (Lipinski definition) is 0. The summed E-state index contributed by atoms with van der Waals surface area (Å²) in [6.45, 7) is 1.52. The Bertz CT molecular complexity index is 110. The number of alkyl halides is 2. The van der Waals surface area contributed by atoms with Crippen LogP contribution in [0.5, 0.6) is 0 Å². The van der Waals surface area contributed by atoms with Gasteiger partial charge in [0, 0.05) is 41.9 Å². The molecular formula is C6H10F2IN. The number of nitrogens with zero attached hydrogens (tertiary/aromatic N) is 1. The van der Waals surface area contributed by atoms with Crippen molar-refractivity contribution in [3.05, 3.63) is 0 Å². The van der Waals surface area contributed by atoms with Crippen LogP contribution in [0.1, 0.15) is 12.8 Å². The Labute approximate surface area is 73.3 Å². The Morgan fingerprint density at radius 3 is 2.60 bits per heavy atom. The quantitative estimate of drug-likeness (QED) is 0.517. The predicted molar refractivity (Wildman–Crippen MR) is 44.3 cm³/mol. The second-order valence-corrected chi connectivity index (χ2v) is 3.97. The highest BCUT2D eigenvalue weighted by atomic mass is 127. The van der Waals surface area contributed by atoms with Gasteiger partial charge >= 0.3 is 0 Å². The summed E-state index contributed by atoms with van der Waals surface area (Å²) in [5.74, 6) is -0.384. The maximum Gasteiger partial charge on any atom is 0.242 e. The van der Waals surface area contributed by atoms with E-state index in [-0.39, 0.29) is 5.92 Å². The van der Waals surface area contributed by atoms with E-state index in [0.717, 1.165) is 13.0 Å². The fraction of sp³-hybridized carbons (Fsp3) is 1.00. The summed E-state index contributed by atoms with van der Waals surface area (Å²) >= 11 is 2.11. The molecule has 4 heteroatoms. The van der Waals surface area contributed by atoms with E-state index in [4.69, 9.17) is 0 Å². The van der Waals surface area contributed by atoms with Crippen molar-refractivity contribution in [1.82, 2.24) is 3.11 Å². The van der Waals surface area contributed by atoms with E-state index >= 15 is 0 Å². The van der Waals surface area contributed by atoms with Crippen LogP contribution in [0.15, 0.2) is 0 Å². The summed E-state index contributed by atoms with van der Waals surface area (Å²) in [6.07, 6.45) is -0.521. The van der Waals surface area contributed by atoms with E-state index in [1.807, 2.05) is 3.11 Å². The molecule has 1 heterocycles. The molecule has 60 valence electrons. The van der Waals surface area contributed by atoms with Crippen LogP contribution in [0.2, 0.25) is 0 Å². The fourth-order valence-corrected chi connectivity index (χ4v) is 2.01. The third kappa shape index (κ3) is 2.30. The molecular weight excluding hydrogens is 251 g/mol. The van der Waals surface area contributed by atoms with Gasteiger partial charge in [0.2, 0.25) is 6.43 Å². The van der Waals surface area contributed by atoms with Gasteiger partial charge in [0.15, 0.2) is 0 Å². The van der Waals surface area contributed by atoms with Gasteiger partial charge in [-0.15, -0.1) is 0 Å². The molecule has 1 aliphatic heterocycles. The molecule has 0 bridgehead atoms. The van der Waals surface area contributed by atoms with Crippen LogP contribution in [0.3, 0.4) is 0 Å². The molecule has 0 unspecified atom stereocenters. The smallest absolute Gasteiger partial charge is 0.242 e. The Morgan fingerprint density at radius 1 is 1.50 bits per heavy atom. The van der Waals surface area contributed by atoms with E-state index in [9.17, 15) is 8.78 Å². The van der Waals surface area contributed by atoms with E-state index in [2.05, 4.69) is 22.9 Å². The topological polar surface area (TPSA) is 3.24 Å². The van der Waals surface area contributed by atoms with Crippen molar-refractivity contribution >= 4 is 22.9 Å². The molecule has 1 atom stereocenters. The minimum atomic E-state index is -2.13. The first kappa shape index (κ1) is 8.64. The number of halogens is 3. The second kappa shape index (κ2) is 3.80. The molecule has 10 heavy (non-hydrogen) atoms.